The molecule has 33 heavy (non-hydrogen) atoms. The monoisotopic (exact) mass is 510 g/mol. The highest BCUT2D eigenvalue weighted by molar-refractivity contribution is 8.00. The molecule has 0 amide bonds. The number of hydrogen-bond donors (Lipinski definition) is 3. The highest BCUT2D eigenvalue weighted by Gasteiger charge is 2.35. The van der Waals surface area contributed by atoms with Crippen molar-refractivity contribution >= 4 is 33.7 Å². The topological polar surface area (TPSA) is 162 Å². The Hall–Kier alpha value is -2.27. The van der Waals surface area contributed by atoms with Gasteiger partial charge < -0.3 is 10.4 Å². The summed E-state index contributed by atoms with van der Waals surface area (Å²) in [6, 6.07) is 1.05. The summed E-state index contributed by atoms with van der Waals surface area (Å²) in [7, 11) is -4.13. The summed E-state index contributed by atoms with van der Waals surface area (Å²) in [5.74, 6) is -1.09. The Labute approximate surface area is 191 Å². The normalized spacial score (nSPS) is 21.3. The number of aryl methyl sites for hydroxylation is 1. The van der Waals surface area contributed by atoms with Crippen molar-refractivity contribution in [2.24, 2.45) is 11.1 Å². The van der Waals surface area contributed by atoms with Gasteiger partial charge in [0.1, 0.15) is 17.8 Å². The minimum atomic E-state index is -4.34. The van der Waals surface area contributed by atoms with E-state index in [1.165, 1.54) is 29.5 Å². The molecule has 0 saturated heterocycles. The van der Waals surface area contributed by atoms with Gasteiger partial charge in [0.25, 0.3) is 0 Å². The van der Waals surface area contributed by atoms with Crippen LogP contribution in [0.15, 0.2) is 24.8 Å². The van der Waals surface area contributed by atoms with E-state index in [1.807, 2.05) is 0 Å². The fourth-order valence-corrected chi connectivity index (χ4v) is 4.26. The average Bonchev–Trinajstić information content (AvgIpc) is 3.31. The van der Waals surface area contributed by atoms with E-state index < -0.39 is 33.6 Å². The molecular weight excluding hydrogens is 489 g/mol. The smallest absolute Gasteiger partial charge is 0.393 e. The van der Waals surface area contributed by atoms with E-state index in [2.05, 4.69) is 24.6 Å². The van der Waals surface area contributed by atoms with Crippen LogP contribution in [0.5, 0.6) is 0 Å². The fraction of sp³-hybridized carbons (Fsp3) is 0.529. The lowest BCUT2D eigenvalue weighted by Crippen LogP contribution is -2.24. The van der Waals surface area contributed by atoms with Gasteiger partial charge in [-0.05, 0) is 30.7 Å². The minimum absolute atomic E-state index is 0.00995. The van der Waals surface area contributed by atoms with Crippen LogP contribution in [0.3, 0.4) is 0 Å². The molecular formula is C17H21F3N6O5S2. The molecule has 1 unspecified atom stereocenters. The van der Waals surface area contributed by atoms with E-state index in [0.29, 0.717) is 6.42 Å². The van der Waals surface area contributed by atoms with E-state index in [-0.39, 0.29) is 60.2 Å². The van der Waals surface area contributed by atoms with Crippen molar-refractivity contribution in [3.05, 3.63) is 36.0 Å². The molecule has 0 spiro atoms. The molecule has 0 aromatic carbocycles. The Morgan fingerprint density at radius 3 is 2.85 bits per heavy atom. The van der Waals surface area contributed by atoms with Gasteiger partial charge in [0.15, 0.2) is 0 Å². The van der Waals surface area contributed by atoms with E-state index in [9.17, 15) is 31.5 Å². The second-order valence-electron chi connectivity index (χ2n) is 7.29. The van der Waals surface area contributed by atoms with Gasteiger partial charge in [-0.3, -0.25) is 13.7 Å². The summed E-state index contributed by atoms with van der Waals surface area (Å²) in [6.45, 7) is -0.312. The Morgan fingerprint density at radius 2 is 2.15 bits per heavy atom. The zero-order chi connectivity index (χ0) is 24.2. The maximum atomic E-state index is 12.9. The van der Waals surface area contributed by atoms with Crippen LogP contribution in [0, 0.1) is 5.92 Å². The van der Waals surface area contributed by atoms with Crippen molar-refractivity contribution < 1.29 is 35.7 Å². The molecule has 11 nitrogen and oxygen atoms in total. The third-order valence-corrected chi connectivity index (χ3v) is 6.04. The number of nitrogens with zero attached hydrogens (tertiary/aromatic N) is 4. The number of nitrogens with one attached hydrogen (secondary N) is 1. The molecule has 0 aliphatic heterocycles. The molecule has 2 aromatic rings. The number of nitrogens with two attached hydrogens (primary N) is 1. The number of alkyl halides is 3. The molecule has 182 valence electrons. The van der Waals surface area contributed by atoms with Crippen molar-refractivity contribution in [3.63, 3.8) is 0 Å². The van der Waals surface area contributed by atoms with Crippen molar-refractivity contribution in [1.82, 2.24) is 19.7 Å². The third kappa shape index (κ3) is 7.63. The molecule has 0 radical (unpaired) electrons. The van der Waals surface area contributed by atoms with Gasteiger partial charge in [-0.15, -0.1) is 0 Å². The number of thioether (sulfide) groups is 1. The predicted octanol–water partition coefficient (Wildman–Crippen LogP) is 0.929. The molecule has 16 heteroatoms. The summed E-state index contributed by atoms with van der Waals surface area (Å²) < 4.78 is 64.6. The molecule has 1 saturated carbocycles. The van der Waals surface area contributed by atoms with Gasteiger partial charge in [0, 0.05) is 30.1 Å². The standard InChI is InChI=1S/C17H21F3N6O5S2/c18-17(19,20)32-4-3-26-2-1-13(25-26)15(28)12-7-22-9-23-16(12)24-11-5-10(14(27)6-11)8-31-33(21,29)30/h1-2,7,9-11,14,27H,3-6,8H2,(H2,21,29,30)(H,22,23,24)/t10-,11?,14+/m1/s1. The van der Waals surface area contributed by atoms with E-state index >= 15 is 0 Å². The quantitative estimate of drug-likeness (QED) is 0.392. The number of hydrogen-bond acceptors (Lipinski definition) is 10. The summed E-state index contributed by atoms with van der Waals surface area (Å²) in [4.78, 5) is 20.8. The number of aliphatic hydroxyl groups is 1. The van der Waals surface area contributed by atoms with Crippen molar-refractivity contribution in [2.75, 3.05) is 17.7 Å². The van der Waals surface area contributed by atoms with Crippen molar-refractivity contribution in [2.45, 2.75) is 37.0 Å². The van der Waals surface area contributed by atoms with Crippen LogP contribution in [0.2, 0.25) is 0 Å². The van der Waals surface area contributed by atoms with Crippen LogP contribution in [0.4, 0.5) is 19.0 Å². The number of rotatable bonds is 10. The van der Waals surface area contributed by atoms with Crippen LogP contribution < -0.4 is 10.5 Å². The summed E-state index contributed by atoms with van der Waals surface area (Å²) in [6.07, 6.45) is 3.64. The second kappa shape index (κ2) is 10.3. The average molecular weight is 511 g/mol. The lowest BCUT2D eigenvalue weighted by Gasteiger charge is -2.15. The SMILES string of the molecule is NS(=O)(=O)OC[C@H]1CC(Nc2ncncc2C(=O)c2ccn(CCSC(F)(F)F)n2)C[C@@H]1O. The van der Waals surface area contributed by atoms with Gasteiger partial charge >= 0.3 is 15.8 Å². The maximum absolute atomic E-state index is 12.9. The van der Waals surface area contributed by atoms with Crippen molar-refractivity contribution in [1.29, 1.82) is 0 Å². The lowest BCUT2D eigenvalue weighted by atomic mass is 10.1. The zero-order valence-corrected chi connectivity index (χ0v) is 18.6. The van der Waals surface area contributed by atoms with Gasteiger partial charge in [-0.1, -0.05) is 0 Å². The van der Waals surface area contributed by atoms with Gasteiger partial charge in [-0.25, -0.2) is 15.1 Å². The van der Waals surface area contributed by atoms with E-state index in [1.54, 1.807) is 0 Å². The number of ketones is 1. The lowest BCUT2D eigenvalue weighted by molar-refractivity contribution is -0.0328. The molecule has 2 aromatic heterocycles. The van der Waals surface area contributed by atoms with E-state index in [4.69, 9.17) is 5.14 Å². The molecule has 3 rings (SSSR count). The number of carbonyl (C=O) groups is 1. The van der Waals surface area contributed by atoms with Crippen LogP contribution >= 0.6 is 11.8 Å². The minimum Gasteiger partial charge on any atom is -0.393 e. The molecule has 2 heterocycles. The third-order valence-electron chi connectivity index (χ3n) is 4.86. The van der Waals surface area contributed by atoms with Crippen LogP contribution in [-0.4, -0.2) is 69.1 Å². The molecule has 1 aliphatic carbocycles. The van der Waals surface area contributed by atoms with Crippen molar-refractivity contribution in [3.8, 4) is 0 Å². The first-order valence-electron chi connectivity index (χ1n) is 9.62. The first-order chi connectivity index (χ1) is 15.4. The fourth-order valence-electron chi connectivity index (χ4n) is 3.39. The molecule has 1 aliphatic rings. The Kier molecular flexibility index (Phi) is 7.94. The highest BCUT2D eigenvalue weighted by Crippen LogP contribution is 2.31. The van der Waals surface area contributed by atoms with Crippen LogP contribution in [0.25, 0.3) is 0 Å². The number of carbonyl (C=O) groups excluding carboxylic acids is 1. The number of anilines is 1. The molecule has 1 fully saturated rings. The van der Waals surface area contributed by atoms with Crippen LogP contribution in [0.1, 0.15) is 28.9 Å². The Bertz CT molecular complexity index is 1080. The first kappa shape index (κ1) is 25.4. The first-order valence-corrected chi connectivity index (χ1v) is 12.1. The summed E-state index contributed by atoms with van der Waals surface area (Å²) in [5, 5.41) is 22.1. The maximum Gasteiger partial charge on any atom is 0.441 e. The number of aromatic nitrogens is 4. The number of halogens is 3. The molecule has 4 N–H and O–H groups in total. The predicted molar refractivity (Wildman–Crippen MR) is 111 cm³/mol. The zero-order valence-electron chi connectivity index (χ0n) is 17.0. The Morgan fingerprint density at radius 1 is 1.39 bits per heavy atom. The van der Waals surface area contributed by atoms with E-state index in [0.717, 1.165) is 0 Å². The highest BCUT2D eigenvalue weighted by atomic mass is 32.2. The number of aliphatic hydroxyl groups excluding tert-OH is 1. The summed E-state index contributed by atoms with van der Waals surface area (Å²) >= 11 is -0.178. The second-order valence-corrected chi connectivity index (χ2v) is 9.67. The Balaban J connectivity index is 1.64. The largest absolute Gasteiger partial charge is 0.441 e. The summed E-state index contributed by atoms with van der Waals surface area (Å²) in [5.41, 5.74) is -4.24. The van der Waals surface area contributed by atoms with Crippen LogP contribution in [-0.2, 0) is 21.0 Å². The van der Waals surface area contributed by atoms with Gasteiger partial charge in [0.05, 0.1) is 24.8 Å². The molecule has 3 atom stereocenters. The van der Waals surface area contributed by atoms with Gasteiger partial charge in [-0.2, -0.15) is 26.7 Å². The van der Waals surface area contributed by atoms with Gasteiger partial charge in [0.2, 0.25) is 5.78 Å². The molecule has 0 bridgehead atoms.